The largest absolute Gasteiger partial charge is 0.333 e. The van der Waals surface area contributed by atoms with Crippen LogP contribution in [0.3, 0.4) is 0 Å². The van der Waals surface area contributed by atoms with E-state index in [1.807, 2.05) is 25.7 Å². The number of rotatable bonds is 2. The van der Waals surface area contributed by atoms with Crippen LogP contribution in [0.4, 0.5) is 4.79 Å². The number of nitrogens with one attached hydrogen (secondary N) is 2. The molecule has 2 saturated heterocycles. The molecule has 0 aromatic heterocycles. The van der Waals surface area contributed by atoms with Gasteiger partial charge in [0.2, 0.25) is 0 Å². The van der Waals surface area contributed by atoms with Crippen molar-refractivity contribution in [2.45, 2.75) is 39.2 Å². The number of nitrogens with zero attached hydrogens (tertiary/aromatic N) is 2. The normalized spacial score (nSPS) is 25.6. The Morgan fingerprint density at radius 2 is 1.95 bits per heavy atom. The second-order valence-corrected chi connectivity index (χ2v) is 7.18. The molecule has 2 fully saturated rings. The summed E-state index contributed by atoms with van der Waals surface area (Å²) >= 11 is 0. The molecule has 2 amide bonds. The van der Waals surface area contributed by atoms with Gasteiger partial charge in [-0.05, 0) is 52.6 Å². The lowest BCUT2D eigenvalue weighted by molar-refractivity contribution is 0.119. The average molecular weight is 282 g/mol. The Kier molecular flexibility index (Phi) is 5.27. The molecule has 0 spiro atoms. The molecule has 2 aliphatic rings. The van der Waals surface area contributed by atoms with Crippen LogP contribution in [-0.2, 0) is 0 Å². The summed E-state index contributed by atoms with van der Waals surface area (Å²) in [7, 11) is 0. The van der Waals surface area contributed by atoms with E-state index < -0.39 is 0 Å². The molecule has 2 aliphatic heterocycles. The molecule has 0 radical (unpaired) electrons. The Labute approximate surface area is 123 Å². The van der Waals surface area contributed by atoms with Gasteiger partial charge in [0.25, 0.3) is 0 Å². The van der Waals surface area contributed by atoms with Crippen molar-refractivity contribution in [2.75, 3.05) is 45.8 Å². The summed E-state index contributed by atoms with van der Waals surface area (Å²) in [6.45, 7) is 13.3. The topological polar surface area (TPSA) is 47.6 Å². The fourth-order valence-electron chi connectivity index (χ4n) is 2.98. The van der Waals surface area contributed by atoms with Crippen LogP contribution in [0.1, 0.15) is 33.6 Å². The fraction of sp³-hybridized carbons (Fsp3) is 0.933. The standard InChI is InChI=1S/C15H30N4O/c1-15(2,3)17-14(20)19-9-7-18(8-10-19)12-13-5-4-6-16-11-13/h13,16H,4-12H2,1-3H3,(H,17,20). The number of hydrogen-bond donors (Lipinski definition) is 2. The van der Waals surface area contributed by atoms with Crippen molar-refractivity contribution in [3.05, 3.63) is 0 Å². The second-order valence-electron chi connectivity index (χ2n) is 7.18. The van der Waals surface area contributed by atoms with E-state index in [2.05, 4.69) is 15.5 Å². The molecule has 0 aromatic rings. The molecule has 0 aromatic carbocycles. The predicted octanol–water partition coefficient (Wildman–Crippen LogP) is 1.11. The molecule has 5 nitrogen and oxygen atoms in total. The van der Waals surface area contributed by atoms with Crippen LogP contribution in [-0.4, -0.2) is 67.2 Å². The van der Waals surface area contributed by atoms with E-state index in [0.717, 1.165) is 38.6 Å². The quantitative estimate of drug-likeness (QED) is 0.798. The summed E-state index contributed by atoms with van der Waals surface area (Å²) in [5.74, 6) is 0.790. The molecule has 2 N–H and O–H groups in total. The minimum absolute atomic E-state index is 0.0801. The van der Waals surface area contributed by atoms with Gasteiger partial charge in [-0.15, -0.1) is 0 Å². The maximum Gasteiger partial charge on any atom is 0.317 e. The summed E-state index contributed by atoms with van der Waals surface area (Å²) < 4.78 is 0. The van der Waals surface area contributed by atoms with Crippen LogP contribution < -0.4 is 10.6 Å². The monoisotopic (exact) mass is 282 g/mol. The molecule has 0 aliphatic carbocycles. The van der Waals surface area contributed by atoms with Gasteiger partial charge < -0.3 is 15.5 Å². The zero-order chi connectivity index (χ0) is 14.6. The summed E-state index contributed by atoms with van der Waals surface area (Å²) in [4.78, 5) is 16.6. The molecule has 2 heterocycles. The second kappa shape index (κ2) is 6.76. The van der Waals surface area contributed by atoms with Crippen molar-refractivity contribution in [3.63, 3.8) is 0 Å². The van der Waals surface area contributed by atoms with E-state index in [9.17, 15) is 4.79 Å². The van der Waals surface area contributed by atoms with Crippen LogP contribution in [0.2, 0.25) is 0 Å². The number of carbonyl (C=O) groups is 1. The van der Waals surface area contributed by atoms with E-state index in [1.165, 1.54) is 25.9 Å². The van der Waals surface area contributed by atoms with Gasteiger partial charge in [-0.3, -0.25) is 4.90 Å². The smallest absolute Gasteiger partial charge is 0.317 e. The van der Waals surface area contributed by atoms with Crippen LogP contribution in [0.5, 0.6) is 0 Å². The highest BCUT2D eigenvalue weighted by atomic mass is 16.2. The maximum absolute atomic E-state index is 12.1. The zero-order valence-corrected chi connectivity index (χ0v) is 13.2. The maximum atomic E-state index is 12.1. The van der Waals surface area contributed by atoms with Gasteiger partial charge >= 0.3 is 6.03 Å². The van der Waals surface area contributed by atoms with Crippen molar-refractivity contribution in [3.8, 4) is 0 Å². The highest BCUT2D eigenvalue weighted by Crippen LogP contribution is 2.13. The highest BCUT2D eigenvalue weighted by Gasteiger charge is 2.25. The van der Waals surface area contributed by atoms with Crippen LogP contribution in [0.15, 0.2) is 0 Å². The first-order valence-corrected chi connectivity index (χ1v) is 7.94. The number of urea groups is 1. The third-order valence-corrected chi connectivity index (χ3v) is 4.06. The first-order chi connectivity index (χ1) is 9.44. The summed E-state index contributed by atoms with van der Waals surface area (Å²) in [6, 6.07) is 0.0801. The van der Waals surface area contributed by atoms with Crippen LogP contribution >= 0.6 is 0 Å². The first kappa shape index (κ1) is 15.6. The molecule has 20 heavy (non-hydrogen) atoms. The predicted molar refractivity (Wildman–Crippen MR) is 81.9 cm³/mol. The lowest BCUT2D eigenvalue weighted by Gasteiger charge is -2.38. The van der Waals surface area contributed by atoms with Gasteiger partial charge in [-0.1, -0.05) is 0 Å². The summed E-state index contributed by atoms with van der Waals surface area (Å²) in [5, 5.41) is 6.52. The average Bonchev–Trinajstić information content (AvgIpc) is 2.39. The van der Waals surface area contributed by atoms with Gasteiger partial charge in [-0.25, -0.2) is 4.79 Å². The van der Waals surface area contributed by atoms with Gasteiger partial charge in [0, 0.05) is 38.3 Å². The highest BCUT2D eigenvalue weighted by molar-refractivity contribution is 5.75. The van der Waals surface area contributed by atoms with E-state index in [1.54, 1.807) is 0 Å². The lowest BCUT2D eigenvalue weighted by atomic mass is 9.99. The third-order valence-electron chi connectivity index (χ3n) is 4.06. The molecular formula is C15H30N4O. The SMILES string of the molecule is CC(C)(C)NC(=O)N1CCN(CC2CCCNC2)CC1. The Morgan fingerprint density at radius 1 is 1.25 bits per heavy atom. The zero-order valence-electron chi connectivity index (χ0n) is 13.2. The van der Waals surface area contributed by atoms with Gasteiger partial charge in [-0.2, -0.15) is 0 Å². The minimum atomic E-state index is -0.151. The Bertz CT molecular complexity index is 312. The van der Waals surface area contributed by atoms with Gasteiger partial charge in [0.15, 0.2) is 0 Å². The van der Waals surface area contributed by atoms with E-state index in [4.69, 9.17) is 0 Å². The van der Waals surface area contributed by atoms with Crippen LogP contribution in [0, 0.1) is 5.92 Å². The Balaban J connectivity index is 1.70. The molecule has 1 unspecified atom stereocenters. The lowest BCUT2D eigenvalue weighted by Crippen LogP contribution is -2.55. The number of amides is 2. The van der Waals surface area contributed by atoms with E-state index in [-0.39, 0.29) is 11.6 Å². The first-order valence-electron chi connectivity index (χ1n) is 7.94. The summed E-state index contributed by atoms with van der Waals surface area (Å²) in [6.07, 6.45) is 2.65. The molecule has 2 rings (SSSR count). The van der Waals surface area contributed by atoms with Crippen molar-refractivity contribution >= 4 is 6.03 Å². The summed E-state index contributed by atoms with van der Waals surface area (Å²) in [5.41, 5.74) is -0.151. The Hall–Kier alpha value is -0.810. The molecule has 1 atom stereocenters. The fourth-order valence-corrected chi connectivity index (χ4v) is 2.98. The molecule has 0 bridgehead atoms. The third kappa shape index (κ3) is 4.94. The Morgan fingerprint density at radius 3 is 2.50 bits per heavy atom. The molecule has 0 saturated carbocycles. The number of hydrogen-bond acceptors (Lipinski definition) is 3. The van der Waals surface area contributed by atoms with Crippen LogP contribution in [0.25, 0.3) is 0 Å². The van der Waals surface area contributed by atoms with Crippen molar-refractivity contribution in [1.82, 2.24) is 20.4 Å². The molecular weight excluding hydrogens is 252 g/mol. The van der Waals surface area contributed by atoms with Gasteiger partial charge in [0.1, 0.15) is 0 Å². The van der Waals surface area contributed by atoms with Crippen molar-refractivity contribution in [1.29, 1.82) is 0 Å². The number of piperazine rings is 1. The minimum Gasteiger partial charge on any atom is -0.333 e. The molecule has 116 valence electrons. The number of piperidine rings is 1. The van der Waals surface area contributed by atoms with Crippen molar-refractivity contribution < 1.29 is 4.79 Å². The van der Waals surface area contributed by atoms with Crippen molar-refractivity contribution in [2.24, 2.45) is 5.92 Å². The van der Waals surface area contributed by atoms with Gasteiger partial charge in [0.05, 0.1) is 0 Å². The van der Waals surface area contributed by atoms with E-state index in [0.29, 0.717) is 0 Å². The molecule has 5 heteroatoms. The number of carbonyl (C=O) groups excluding carboxylic acids is 1. The van der Waals surface area contributed by atoms with E-state index >= 15 is 0 Å².